The van der Waals surface area contributed by atoms with Crippen LogP contribution in [0.3, 0.4) is 0 Å². The predicted molar refractivity (Wildman–Crippen MR) is 183 cm³/mol. The summed E-state index contributed by atoms with van der Waals surface area (Å²) in [6.45, 7) is 11.6. The molecule has 270 valence electrons. The lowest BCUT2D eigenvalue weighted by atomic mass is 9.87. The van der Waals surface area contributed by atoms with Gasteiger partial charge in [-0.2, -0.15) is 0 Å². The lowest BCUT2D eigenvalue weighted by Crippen LogP contribution is -2.60. The molecule has 1 aliphatic heterocycles. The van der Waals surface area contributed by atoms with Crippen molar-refractivity contribution in [1.29, 1.82) is 0 Å². The van der Waals surface area contributed by atoms with Crippen LogP contribution in [0.4, 0.5) is 9.59 Å². The Kier molecular flexibility index (Phi) is 12.7. The van der Waals surface area contributed by atoms with Crippen LogP contribution in [-0.2, 0) is 36.8 Å². The molecule has 0 radical (unpaired) electrons. The number of carbonyl (C=O) groups is 6. The van der Waals surface area contributed by atoms with Crippen LogP contribution in [0.25, 0.3) is 0 Å². The molecule has 5 atom stereocenters. The third kappa shape index (κ3) is 9.95. The Hall–Kier alpha value is -4.16. The van der Waals surface area contributed by atoms with E-state index in [0.29, 0.717) is 32.2 Å². The average molecular weight is 683 g/mol. The van der Waals surface area contributed by atoms with E-state index in [2.05, 4.69) is 21.3 Å². The molecule has 49 heavy (non-hydrogen) atoms. The van der Waals surface area contributed by atoms with Crippen molar-refractivity contribution in [1.82, 2.24) is 26.2 Å². The number of nitrogens with zero attached hydrogens (tertiary/aromatic N) is 1. The number of amides is 6. The summed E-state index contributed by atoms with van der Waals surface area (Å²) in [6, 6.07) is 3.77. The molecule has 2 fully saturated rings. The second kappa shape index (κ2) is 16.5. The zero-order valence-corrected chi connectivity index (χ0v) is 29.6. The highest BCUT2D eigenvalue weighted by atomic mass is 16.5. The molecule has 13 nitrogen and oxygen atoms in total. The molecule has 3 aliphatic rings. The van der Waals surface area contributed by atoms with Crippen LogP contribution in [0, 0.1) is 29.6 Å². The van der Waals surface area contributed by atoms with Crippen molar-refractivity contribution in [2.45, 2.75) is 110 Å². The third-order valence-electron chi connectivity index (χ3n) is 10.0. The molecule has 13 heteroatoms. The Balaban J connectivity index is 1.56. The van der Waals surface area contributed by atoms with Crippen molar-refractivity contribution in [3.05, 3.63) is 35.4 Å². The smallest absolute Gasteiger partial charge is 0.407 e. The van der Waals surface area contributed by atoms with E-state index < -0.39 is 53.9 Å². The molecular formula is C36H54N6O7. The number of nitrogens with one attached hydrogen (secondary N) is 4. The van der Waals surface area contributed by atoms with Crippen LogP contribution in [0.15, 0.2) is 24.3 Å². The summed E-state index contributed by atoms with van der Waals surface area (Å²) >= 11 is 0. The van der Waals surface area contributed by atoms with Gasteiger partial charge in [-0.15, -0.1) is 0 Å². The standard InChI is InChI=1S/C36H54N6O7/c1-19(2)26-13-14-42(30(26)33(45)39-27(15-22-11-12-22)31(43)32(37)44)34(46)29(25-16-23-9-7-8-10-24(23)17-25)41-35(47)40-28(20(3)4)18-49-36(48)38-21(5)6/h7-10,19-22,25-30H,11-18H2,1-6H3,(H2,37,44)(H,38,48)(H,39,45)(H2,40,41,47)/t26-,27?,28-,29+,30+/m1/s1. The predicted octanol–water partition coefficient (Wildman–Crippen LogP) is 2.44. The summed E-state index contributed by atoms with van der Waals surface area (Å²) in [5.41, 5.74) is 7.53. The van der Waals surface area contributed by atoms with Crippen LogP contribution >= 0.6 is 0 Å². The van der Waals surface area contributed by atoms with E-state index in [0.717, 1.165) is 24.0 Å². The third-order valence-corrected chi connectivity index (χ3v) is 10.0. The van der Waals surface area contributed by atoms with Gasteiger partial charge in [0.05, 0.1) is 12.1 Å². The van der Waals surface area contributed by atoms with Crippen molar-refractivity contribution < 1.29 is 33.5 Å². The van der Waals surface area contributed by atoms with Gasteiger partial charge in [-0.05, 0) is 80.2 Å². The van der Waals surface area contributed by atoms with Crippen molar-refractivity contribution in [3.63, 3.8) is 0 Å². The first-order valence-electron chi connectivity index (χ1n) is 17.7. The van der Waals surface area contributed by atoms with E-state index in [4.69, 9.17) is 10.5 Å². The monoisotopic (exact) mass is 682 g/mol. The second-order valence-electron chi connectivity index (χ2n) is 14.9. The number of ketones is 1. The minimum Gasteiger partial charge on any atom is -0.447 e. The summed E-state index contributed by atoms with van der Waals surface area (Å²) in [6.07, 6.45) is 3.25. The molecule has 0 spiro atoms. The molecule has 1 saturated heterocycles. The van der Waals surface area contributed by atoms with Gasteiger partial charge in [-0.25, -0.2) is 9.59 Å². The maximum Gasteiger partial charge on any atom is 0.407 e. The first-order chi connectivity index (χ1) is 23.2. The Bertz CT molecular complexity index is 1370. The number of ether oxygens (including phenoxy) is 1. The zero-order chi connectivity index (χ0) is 36.0. The molecular weight excluding hydrogens is 628 g/mol. The van der Waals surface area contributed by atoms with E-state index in [1.165, 1.54) is 4.90 Å². The number of hydrogen-bond acceptors (Lipinski definition) is 7. The number of rotatable bonds is 15. The zero-order valence-electron chi connectivity index (χ0n) is 29.6. The van der Waals surface area contributed by atoms with Crippen LogP contribution in [0.1, 0.15) is 78.4 Å². The lowest BCUT2D eigenvalue weighted by Gasteiger charge is -2.34. The summed E-state index contributed by atoms with van der Waals surface area (Å²) in [7, 11) is 0. The van der Waals surface area contributed by atoms with E-state index in [1.807, 2.05) is 65.8 Å². The maximum absolute atomic E-state index is 14.6. The molecule has 1 aromatic rings. The molecule has 4 rings (SSSR count). The molecule has 2 aliphatic carbocycles. The number of hydrogen-bond donors (Lipinski definition) is 5. The Morgan fingerprint density at radius 1 is 0.878 bits per heavy atom. The van der Waals surface area contributed by atoms with Gasteiger partial charge >= 0.3 is 12.1 Å². The number of primary amides is 1. The summed E-state index contributed by atoms with van der Waals surface area (Å²) < 4.78 is 5.35. The van der Waals surface area contributed by atoms with E-state index in [1.54, 1.807) is 0 Å². The highest BCUT2D eigenvalue weighted by Crippen LogP contribution is 2.36. The van der Waals surface area contributed by atoms with Crippen molar-refractivity contribution in [3.8, 4) is 0 Å². The second-order valence-corrected chi connectivity index (χ2v) is 14.9. The molecule has 1 aromatic carbocycles. The molecule has 1 heterocycles. The highest BCUT2D eigenvalue weighted by Gasteiger charge is 2.48. The van der Waals surface area contributed by atoms with Crippen LogP contribution < -0.4 is 27.0 Å². The fourth-order valence-electron chi connectivity index (χ4n) is 7.03. The number of urea groups is 1. The minimum atomic E-state index is -1.10. The van der Waals surface area contributed by atoms with Gasteiger partial charge in [-0.1, -0.05) is 64.8 Å². The number of Topliss-reactive ketones (excluding diaryl/α,β-unsaturated/α-hetero) is 1. The molecule has 6 N–H and O–H groups in total. The summed E-state index contributed by atoms with van der Waals surface area (Å²) in [4.78, 5) is 80.5. The van der Waals surface area contributed by atoms with E-state index >= 15 is 0 Å². The minimum absolute atomic E-state index is 0.0346. The fraction of sp³-hybridized carbons (Fsp3) is 0.667. The topological polar surface area (TPSA) is 189 Å². The molecule has 0 aromatic heterocycles. The molecule has 6 amide bonds. The SMILES string of the molecule is CC(C)NC(=O)OC[C@@H](NC(=O)N[C@H](C(=O)N1CC[C@H](C(C)C)[C@H]1C(=O)NC(CC1CC1)C(=O)C(N)=O)C1Cc2ccccc2C1)C(C)C. The van der Waals surface area contributed by atoms with Gasteiger partial charge in [0, 0.05) is 12.6 Å². The van der Waals surface area contributed by atoms with E-state index in [9.17, 15) is 28.8 Å². The number of alkyl carbamates (subject to hydrolysis) is 1. The number of likely N-dealkylation sites (tertiary alicyclic amines) is 1. The summed E-state index contributed by atoms with van der Waals surface area (Å²) in [5, 5.41) is 11.3. The van der Waals surface area contributed by atoms with Crippen molar-refractivity contribution >= 4 is 35.6 Å². The quantitative estimate of drug-likeness (QED) is 0.176. The first-order valence-corrected chi connectivity index (χ1v) is 17.7. The molecule has 0 bridgehead atoms. The van der Waals surface area contributed by atoms with Crippen LogP contribution in [0.5, 0.6) is 0 Å². The highest BCUT2D eigenvalue weighted by molar-refractivity contribution is 6.37. The van der Waals surface area contributed by atoms with Gasteiger partial charge in [0.2, 0.25) is 17.6 Å². The fourth-order valence-corrected chi connectivity index (χ4v) is 7.03. The molecule has 1 saturated carbocycles. The van der Waals surface area contributed by atoms with Gasteiger partial charge in [0.25, 0.3) is 5.91 Å². The Labute approximate surface area is 289 Å². The number of fused-ring (bicyclic) bond motifs is 1. The number of benzene rings is 1. The van der Waals surface area contributed by atoms with Gasteiger partial charge in [-0.3, -0.25) is 19.2 Å². The largest absolute Gasteiger partial charge is 0.447 e. The summed E-state index contributed by atoms with van der Waals surface area (Å²) in [5.74, 6) is -3.14. The number of nitrogens with two attached hydrogens (primary N) is 1. The van der Waals surface area contributed by atoms with Crippen molar-refractivity contribution in [2.24, 2.45) is 35.3 Å². The first kappa shape index (κ1) is 37.7. The van der Waals surface area contributed by atoms with Crippen LogP contribution in [0.2, 0.25) is 0 Å². The van der Waals surface area contributed by atoms with Gasteiger partial charge < -0.3 is 36.6 Å². The molecule has 1 unspecified atom stereocenters. The maximum atomic E-state index is 14.6. The van der Waals surface area contributed by atoms with Crippen LogP contribution in [-0.4, -0.2) is 83.9 Å². The van der Waals surface area contributed by atoms with E-state index in [-0.39, 0.29) is 48.1 Å². The van der Waals surface area contributed by atoms with Gasteiger partial charge in [0.1, 0.15) is 18.7 Å². The van der Waals surface area contributed by atoms with Crippen molar-refractivity contribution in [2.75, 3.05) is 13.2 Å². The lowest BCUT2D eigenvalue weighted by molar-refractivity contribution is -0.143. The Morgan fingerprint density at radius 3 is 2.04 bits per heavy atom. The average Bonchev–Trinajstić information content (AvgIpc) is 3.56. The van der Waals surface area contributed by atoms with Gasteiger partial charge in [0.15, 0.2) is 0 Å². The normalized spacial score (nSPS) is 20.8. The Morgan fingerprint density at radius 2 is 1.51 bits per heavy atom. The number of carbonyl (C=O) groups excluding carboxylic acids is 6.